The molecule has 3 aromatic carbocycles. The third kappa shape index (κ3) is 12.0. The van der Waals surface area contributed by atoms with E-state index in [9.17, 15) is 24.0 Å². The topological polar surface area (TPSA) is 199 Å². The van der Waals surface area contributed by atoms with E-state index in [2.05, 4.69) is 5.32 Å². The van der Waals surface area contributed by atoms with Crippen LogP contribution in [0.2, 0.25) is 0 Å². The molecular formula is C45H53NO16. The lowest BCUT2D eigenvalue weighted by atomic mass is 9.84. The average molecular weight is 864 g/mol. The molecule has 334 valence electrons. The molecule has 4 saturated heterocycles. The predicted octanol–water partition coefficient (Wildman–Crippen LogP) is 3.47. The van der Waals surface area contributed by atoms with Crippen molar-refractivity contribution in [3.8, 4) is 0 Å². The van der Waals surface area contributed by atoms with Crippen molar-refractivity contribution in [2.45, 2.75) is 121 Å². The van der Waals surface area contributed by atoms with Gasteiger partial charge in [-0.25, -0.2) is 0 Å². The monoisotopic (exact) mass is 863 g/mol. The Kier molecular flexibility index (Phi) is 16.2. The van der Waals surface area contributed by atoms with Gasteiger partial charge in [-0.3, -0.25) is 24.0 Å². The van der Waals surface area contributed by atoms with Crippen molar-refractivity contribution in [1.82, 2.24) is 5.32 Å². The summed E-state index contributed by atoms with van der Waals surface area (Å²) in [6.07, 6.45) is -10.3. The molecule has 0 aromatic heterocycles. The smallest absolute Gasteiger partial charge is 0.303 e. The lowest BCUT2D eigenvalue weighted by Gasteiger charge is -2.54. The van der Waals surface area contributed by atoms with Gasteiger partial charge in [-0.1, -0.05) is 91.0 Å². The molecule has 4 aliphatic heterocycles. The van der Waals surface area contributed by atoms with Crippen molar-refractivity contribution in [3.05, 3.63) is 108 Å². The van der Waals surface area contributed by atoms with Gasteiger partial charge >= 0.3 is 23.9 Å². The van der Waals surface area contributed by atoms with Gasteiger partial charge in [0.2, 0.25) is 0 Å². The summed E-state index contributed by atoms with van der Waals surface area (Å²) in [5.74, 6) is -5.91. The van der Waals surface area contributed by atoms with Gasteiger partial charge in [0.25, 0.3) is 11.7 Å². The Morgan fingerprint density at radius 2 is 1.24 bits per heavy atom. The molecule has 1 amide bonds. The number of benzene rings is 3. The zero-order valence-corrected chi connectivity index (χ0v) is 35.2. The summed E-state index contributed by atoms with van der Waals surface area (Å²) < 4.78 is 67.3. The second-order valence-corrected chi connectivity index (χ2v) is 15.1. The molecular weight excluding hydrogens is 810 g/mol. The van der Waals surface area contributed by atoms with Gasteiger partial charge in [-0.15, -0.1) is 0 Å². The molecule has 1 N–H and O–H groups in total. The summed E-state index contributed by atoms with van der Waals surface area (Å²) >= 11 is 0. The molecule has 0 aliphatic carbocycles. The summed E-state index contributed by atoms with van der Waals surface area (Å²) in [6.45, 7) is 4.16. The molecule has 4 aliphatic rings. The third-order valence-corrected chi connectivity index (χ3v) is 10.4. The van der Waals surface area contributed by atoms with E-state index >= 15 is 0 Å². The summed E-state index contributed by atoms with van der Waals surface area (Å²) in [7, 11) is 1.47. The van der Waals surface area contributed by atoms with Crippen LogP contribution < -0.4 is 5.32 Å². The summed E-state index contributed by atoms with van der Waals surface area (Å²) in [6, 6.07) is 27.5. The van der Waals surface area contributed by atoms with Crippen LogP contribution in [0, 0.1) is 0 Å². The quantitative estimate of drug-likeness (QED) is 0.128. The highest BCUT2D eigenvalue weighted by atomic mass is 16.8. The number of methoxy groups -OCH3 is 1. The zero-order chi connectivity index (χ0) is 44.2. The number of hydrogen-bond donors (Lipinski definition) is 1. The molecule has 0 spiro atoms. The first-order chi connectivity index (χ1) is 29.9. The van der Waals surface area contributed by atoms with Crippen molar-refractivity contribution in [3.63, 3.8) is 0 Å². The van der Waals surface area contributed by atoms with Crippen LogP contribution in [0.15, 0.2) is 91.0 Å². The van der Waals surface area contributed by atoms with Crippen LogP contribution in [-0.2, 0) is 95.9 Å². The fourth-order valence-electron chi connectivity index (χ4n) is 7.73. The number of morpholine rings is 1. The van der Waals surface area contributed by atoms with Crippen molar-refractivity contribution in [1.29, 1.82) is 0 Å². The maximum atomic E-state index is 14.0. The third-order valence-electron chi connectivity index (χ3n) is 10.4. The number of amides is 1. The van der Waals surface area contributed by atoms with Crippen LogP contribution in [0.4, 0.5) is 0 Å². The number of hydrogen-bond acceptors (Lipinski definition) is 16. The normalized spacial score (nSPS) is 27.6. The van der Waals surface area contributed by atoms with Crippen LogP contribution in [-0.4, -0.2) is 117 Å². The number of carbonyl (C=O) groups excluding carboxylic acids is 5. The van der Waals surface area contributed by atoms with Gasteiger partial charge in [-0.2, -0.15) is 0 Å². The van der Waals surface area contributed by atoms with E-state index in [1.165, 1.54) is 14.0 Å². The van der Waals surface area contributed by atoms with E-state index in [0.29, 0.717) is 0 Å². The lowest BCUT2D eigenvalue weighted by molar-refractivity contribution is -0.351. The molecule has 0 saturated carbocycles. The second kappa shape index (κ2) is 21.7. The van der Waals surface area contributed by atoms with E-state index in [-0.39, 0.29) is 32.8 Å². The molecule has 4 heterocycles. The average Bonchev–Trinajstić information content (AvgIpc) is 3.25. The minimum Gasteiger partial charge on any atom is -0.462 e. The van der Waals surface area contributed by atoms with Crippen LogP contribution in [0.1, 0.15) is 50.8 Å². The Bertz CT molecular complexity index is 1950. The Balaban J connectivity index is 1.34. The minimum atomic E-state index is -2.20. The fourth-order valence-corrected chi connectivity index (χ4v) is 7.73. The van der Waals surface area contributed by atoms with Crippen molar-refractivity contribution in [2.75, 3.05) is 20.3 Å². The number of esters is 4. The molecule has 7 rings (SSSR count). The van der Waals surface area contributed by atoms with Gasteiger partial charge in [0.05, 0.1) is 38.9 Å². The van der Waals surface area contributed by atoms with E-state index in [1.54, 1.807) is 0 Å². The van der Waals surface area contributed by atoms with Gasteiger partial charge in [0.1, 0.15) is 43.2 Å². The molecule has 62 heavy (non-hydrogen) atoms. The van der Waals surface area contributed by atoms with Crippen LogP contribution in [0.5, 0.6) is 0 Å². The molecule has 17 heteroatoms. The second-order valence-electron chi connectivity index (χ2n) is 15.1. The van der Waals surface area contributed by atoms with Crippen LogP contribution in [0.25, 0.3) is 0 Å². The Morgan fingerprint density at radius 1 is 0.710 bits per heavy atom. The Morgan fingerprint density at radius 3 is 1.74 bits per heavy atom. The van der Waals surface area contributed by atoms with Crippen molar-refractivity contribution >= 4 is 29.8 Å². The highest BCUT2D eigenvalue weighted by molar-refractivity contribution is 5.86. The Labute approximate surface area is 359 Å². The summed E-state index contributed by atoms with van der Waals surface area (Å²) in [5, 5.41) is 2.79. The molecule has 11 atom stereocenters. The number of rotatable bonds is 20. The summed E-state index contributed by atoms with van der Waals surface area (Å²) in [4.78, 5) is 63.2. The first-order valence-electron chi connectivity index (χ1n) is 20.3. The van der Waals surface area contributed by atoms with Crippen LogP contribution in [0.3, 0.4) is 0 Å². The molecule has 3 aromatic rings. The minimum absolute atomic E-state index is 0.129. The van der Waals surface area contributed by atoms with Crippen molar-refractivity contribution < 1.29 is 76.1 Å². The maximum absolute atomic E-state index is 14.0. The molecule has 17 nitrogen and oxygen atoms in total. The first-order valence-corrected chi connectivity index (χ1v) is 20.3. The first kappa shape index (κ1) is 46.2. The van der Waals surface area contributed by atoms with E-state index in [4.69, 9.17) is 52.1 Å². The maximum Gasteiger partial charge on any atom is 0.303 e. The van der Waals surface area contributed by atoms with E-state index in [0.717, 1.165) is 37.5 Å². The SMILES string of the molecule is CO[C@H]1O[C@H](CO[C@@]23C[C@H](OC(C)=O)[C@@H](NC2=O)[C@H]([C@@H](OC(C)=O)[C@@H](COC(C)=O)OC(C)=O)O3)[C@@H](OCc2ccccc2)[C@H](OCc2ccccc2)[C@H]1OCc1ccccc1. The standard InChI is InChI=1S/C45H53NO16/c1-27(47)53-25-35(59-29(3)49)39(60-30(4)50)40-37-34(58-28(2)48)21-45(62-40,44(51)46-37)57-26-36-38(54-22-31-15-9-6-10-16-31)41(55-23-32-17-11-7-12-18-32)42(43(52-5)61-36)56-24-33-19-13-8-14-20-33/h6-20,34-43H,21-26H2,1-5H3,(H,46,51)/t34-,35+,36+,37+,38+,39-,40+,41-,42+,43-,45+/m0/s1. The fraction of sp³-hybridized carbons (Fsp3) is 0.489. The number of nitrogens with one attached hydrogen (secondary N) is 1. The van der Waals surface area contributed by atoms with E-state index < -0.39 is 103 Å². The van der Waals surface area contributed by atoms with E-state index in [1.807, 2.05) is 91.0 Å². The highest BCUT2D eigenvalue weighted by Gasteiger charge is 2.64. The number of fused-ring (bicyclic) bond motifs is 3. The molecule has 0 unspecified atom stereocenters. The molecule has 2 bridgehead atoms. The van der Waals surface area contributed by atoms with Gasteiger partial charge in [-0.05, 0) is 16.7 Å². The van der Waals surface area contributed by atoms with Gasteiger partial charge in [0, 0.05) is 34.8 Å². The Hall–Kier alpha value is -5.27. The number of ether oxygens (including phenoxy) is 11. The summed E-state index contributed by atoms with van der Waals surface area (Å²) in [5.41, 5.74) is 2.65. The highest BCUT2D eigenvalue weighted by Crippen LogP contribution is 2.41. The zero-order valence-electron chi connectivity index (χ0n) is 35.2. The number of carbonyl (C=O) groups is 5. The van der Waals surface area contributed by atoms with Crippen molar-refractivity contribution in [2.24, 2.45) is 0 Å². The largest absolute Gasteiger partial charge is 0.462 e. The predicted molar refractivity (Wildman–Crippen MR) is 214 cm³/mol. The lowest BCUT2D eigenvalue weighted by Crippen LogP contribution is -2.77. The van der Waals surface area contributed by atoms with Gasteiger partial charge in [0.15, 0.2) is 18.5 Å². The number of piperidine rings is 1. The molecule has 0 radical (unpaired) electrons. The van der Waals surface area contributed by atoms with Crippen LogP contribution >= 0.6 is 0 Å². The molecule has 4 fully saturated rings. The van der Waals surface area contributed by atoms with Gasteiger partial charge < -0.3 is 57.4 Å².